The van der Waals surface area contributed by atoms with Crippen LogP contribution in [0.5, 0.6) is 0 Å². The summed E-state index contributed by atoms with van der Waals surface area (Å²) < 4.78 is 0. The standard InChI is InChI=1S/C17H18ClN3/c1-2-12-7-9-13(10-8-12)16-11-20-17(19)21(16)15-6-4-3-5-14(15)18/h3-10,16H,2,11H2,1H3,(H2,19,20). The number of aliphatic imine (C=N–C) groups is 1. The van der Waals surface area contributed by atoms with Crippen LogP contribution in [0.4, 0.5) is 5.69 Å². The molecule has 0 radical (unpaired) electrons. The summed E-state index contributed by atoms with van der Waals surface area (Å²) in [6.45, 7) is 2.81. The molecule has 2 aromatic carbocycles. The fourth-order valence-electron chi connectivity index (χ4n) is 2.67. The quantitative estimate of drug-likeness (QED) is 0.937. The summed E-state index contributed by atoms with van der Waals surface area (Å²) in [4.78, 5) is 6.41. The number of para-hydroxylation sites is 1. The van der Waals surface area contributed by atoms with E-state index in [1.165, 1.54) is 11.1 Å². The van der Waals surface area contributed by atoms with Crippen molar-refractivity contribution >= 4 is 23.2 Å². The maximum Gasteiger partial charge on any atom is 0.196 e. The van der Waals surface area contributed by atoms with Gasteiger partial charge in [-0.3, -0.25) is 4.99 Å². The number of nitrogens with zero attached hydrogens (tertiary/aromatic N) is 2. The molecule has 1 atom stereocenters. The van der Waals surface area contributed by atoms with Crippen molar-refractivity contribution in [3.05, 3.63) is 64.7 Å². The highest BCUT2D eigenvalue weighted by atomic mass is 35.5. The molecule has 0 fully saturated rings. The van der Waals surface area contributed by atoms with Crippen LogP contribution in [-0.4, -0.2) is 12.5 Å². The molecule has 3 nitrogen and oxygen atoms in total. The van der Waals surface area contributed by atoms with Gasteiger partial charge in [-0.2, -0.15) is 0 Å². The predicted octanol–water partition coefficient (Wildman–Crippen LogP) is 3.78. The van der Waals surface area contributed by atoms with Crippen LogP contribution in [0.15, 0.2) is 53.5 Å². The molecule has 0 aliphatic carbocycles. The minimum Gasteiger partial charge on any atom is -0.369 e. The molecule has 0 bridgehead atoms. The van der Waals surface area contributed by atoms with Gasteiger partial charge in [0.2, 0.25) is 0 Å². The zero-order chi connectivity index (χ0) is 14.8. The third-order valence-electron chi connectivity index (χ3n) is 3.87. The lowest BCUT2D eigenvalue weighted by Crippen LogP contribution is -2.36. The highest BCUT2D eigenvalue weighted by Gasteiger charge is 2.29. The van der Waals surface area contributed by atoms with Gasteiger partial charge in [-0.25, -0.2) is 0 Å². The topological polar surface area (TPSA) is 41.6 Å². The number of hydrogen-bond donors (Lipinski definition) is 1. The maximum absolute atomic E-state index is 6.32. The first kappa shape index (κ1) is 14.0. The van der Waals surface area contributed by atoms with Crippen LogP contribution >= 0.6 is 11.6 Å². The Labute approximate surface area is 130 Å². The SMILES string of the molecule is CCc1ccc(C2CN=C(N)N2c2ccccc2Cl)cc1. The molecule has 2 aromatic rings. The third-order valence-corrected chi connectivity index (χ3v) is 4.19. The second-order valence-corrected chi connectivity index (χ2v) is 5.54. The van der Waals surface area contributed by atoms with Crippen molar-refractivity contribution in [1.29, 1.82) is 0 Å². The summed E-state index contributed by atoms with van der Waals surface area (Å²) in [6.07, 6.45) is 1.04. The number of rotatable bonds is 3. The van der Waals surface area contributed by atoms with E-state index in [9.17, 15) is 0 Å². The van der Waals surface area contributed by atoms with Crippen LogP contribution in [0.1, 0.15) is 24.1 Å². The maximum atomic E-state index is 6.32. The molecule has 3 rings (SSSR count). The lowest BCUT2D eigenvalue weighted by Gasteiger charge is -2.27. The van der Waals surface area contributed by atoms with Gasteiger partial charge in [0.15, 0.2) is 5.96 Å². The van der Waals surface area contributed by atoms with Gasteiger partial charge in [0.1, 0.15) is 0 Å². The zero-order valence-corrected chi connectivity index (χ0v) is 12.7. The van der Waals surface area contributed by atoms with Crippen LogP contribution in [-0.2, 0) is 6.42 Å². The van der Waals surface area contributed by atoms with E-state index < -0.39 is 0 Å². The van der Waals surface area contributed by atoms with Gasteiger partial charge >= 0.3 is 0 Å². The second-order valence-electron chi connectivity index (χ2n) is 5.13. The molecule has 1 aliphatic heterocycles. The predicted molar refractivity (Wildman–Crippen MR) is 89.0 cm³/mol. The summed E-state index contributed by atoms with van der Waals surface area (Å²) in [5.41, 5.74) is 9.52. The zero-order valence-electron chi connectivity index (χ0n) is 12.0. The number of anilines is 1. The fraction of sp³-hybridized carbons (Fsp3) is 0.235. The Bertz CT molecular complexity index is 664. The lowest BCUT2D eigenvalue weighted by atomic mass is 10.0. The van der Waals surface area contributed by atoms with E-state index in [2.05, 4.69) is 36.2 Å². The highest BCUT2D eigenvalue weighted by Crippen LogP contribution is 2.35. The Balaban J connectivity index is 1.97. The molecule has 0 spiro atoms. The van der Waals surface area contributed by atoms with Crippen LogP contribution in [0, 0.1) is 0 Å². The average molecular weight is 300 g/mol. The molecule has 0 aromatic heterocycles. The minimum atomic E-state index is 0.107. The van der Waals surface area contributed by atoms with Crippen molar-refractivity contribution in [3.63, 3.8) is 0 Å². The molecule has 2 N–H and O–H groups in total. The first-order valence-electron chi connectivity index (χ1n) is 7.13. The molecule has 0 saturated heterocycles. The second kappa shape index (κ2) is 5.78. The molecule has 0 amide bonds. The van der Waals surface area contributed by atoms with E-state index in [0.29, 0.717) is 17.5 Å². The Morgan fingerprint density at radius 3 is 2.57 bits per heavy atom. The summed E-state index contributed by atoms with van der Waals surface area (Å²) in [7, 11) is 0. The number of aryl methyl sites for hydroxylation is 1. The summed E-state index contributed by atoms with van der Waals surface area (Å²) in [5, 5.41) is 0.688. The normalized spacial score (nSPS) is 17.9. The Hall–Kier alpha value is -2.00. The van der Waals surface area contributed by atoms with Gasteiger partial charge in [0.05, 0.1) is 23.3 Å². The van der Waals surface area contributed by atoms with Gasteiger partial charge in [-0.15, -0.1) is 0 Å². The molecular weight excluding hydrogens is 282 g/mol. The molecule has 1 heterocycles. The first-order chi connectivity index (χ1) is 10.2. The Morgan fingerprint density at radius 1 is 1.19 bits per heavy atom. The van der Waals surface area contributed by atoms with Crippen LogP contribution < -0.4 is 10.6 Å². The molecule has 1 unspecified atom stereocenters. The molecule has 4 heteroatoms. The van der Waals surface area contributed by atoms with Crippen LogP contribution in [0.3, 0.4) is 0 Å². The largest absolute Gasteiger partial charge is 0.369 e. The van der Waals surface area contributed by atoms with E-state index in [1.807, 2.05) is 29.2 Å². The lowest BCUT2D eigenvalue weighted by molar-refractivity contribution is 0.768. The number of halogens is 1. The molecule has 1 aliphatic rings. The van der Waals surface area contributed by atoms with Crippen LogP contribution in [0.25, 0.3) is 0 Å². The minimum absolute atomic E-state index is 0.107. The van der Waals surface area contributed by atoms with Gasteiger partial charge in [-0.1, -0.05) is 54.9 Å². The smallest absolute Gasteiger partial charge is 0.196 e. The van der Waals surface area contributed by atoms with Crippen molar-refractivity contribution < 1.29 is 0 Å². The molecule has 21 heavy (non-hydrogen) atoms. The van der Waals surface area contributed by atoms with Gasteiger partial charge in [0, 0.05) is 0 Å². The van der Waals surface area contributed by atoms with E-state index in [4.69, 9.17) is 17.3 Å². The highest BCUT2D eigenvalue weighted by molar-refractivity contribution is 6.33. The summed E-state index contributed by atoms with van der Waals surface area (Å²) in [6, 6.07) is 16.5. The monoisotopic (exact) mass is 299 g/mol. The Morgan fingerprint density at radius 2 is 1.90 bits per heavy atom. The Kier molecular flexibility index (Phi) is 3.84. The first-order valence-corrected chi connectivity index (χ1v) is 7.51. The summed E-state index contributed by atoms with van der Waals surface area (Å²) >= 11 is 6.32. The van der Waals surface area contributed by atoms with E-state index >= 15 is 0 Å². The summed E-state index contributed by atoms with van der Waals surface area (Å²) in [5.74, 6) is 0.521. The van der Waals surface area contributed by atoms with E-state index in [-0.39, 0.29) is 6.04 Å². The van der Waals surface area contributed by atoms with Crippen LogP contribution in [0.2, 0.25) is 5.02 Å². The van der Waals surface area contributed by atoms with E-state index in [0.717, 1.165) is 12.1 Å². The number of nitrogens with two attached hydrogens (primary N) is 1. The third kappa shape index (κ3) is 2.61. The molecular formula is C17H18ClN3. The van der Waals surface area contributed by atoms with Gasteiger partial charge in [0.25, 0.3) is 0 Å². The van der Waals surface area contributed by atoms with Crippen molar-refractivity contribution in [2.45, 2.75) is 19.4 Å². The van der Waals surface area contributed by atoms with Gasteiger partial charge < -0.3 is 10.6 Å². The number of benzene rings is 2. The fourth-order valence-corrected chi connectivity index (χ4v) is 2.89. The van der Waals surface area contributed by atoms with Crippen molar-refractivity contribution in [2.75, 3.05) is 11.4 Å². The average Bonchev–Trinajstić information content (AvgIpc) is 2.89. The molecule has 0 saturated carbocycles. The molecule has 108 valence electrons. The van der Waals surface area contributed by atoms with E-state index in [1.54, 1.807) is 0 Å². The van der Waals surface area contributed by atoms with Crippen molar-refractivity contribution in [2.24, 2.45) is 10.7 Å². The van der Waals surface area contributed by atoms with Crippen molar-refractivity contribution in [3.8, 4) is 0 Å². The number of guanidine groups is 1. The van der Waals surface area contributed by atoms with Gasteiger partial charge in [-0.05, 0) is 29.7 Å². The van der Waals surface area contributed by atoms with Crippen molar-refractivity contribution in [1.82, 2.24) is 0 Å². The number of hydrogen-bond acceptors (Lipinski definition) is 3.